The lowest BCUT2D eigenvalue weighted by Crippen LogP contribution is -2.38. The number of hydrogen-bond acceptors (Lipinski definition) is 2. The van der Waals surface area contributed by atoms with Gasteiger partial charge in [0.05, 0.1) is 6.04 Å². The quantitative estimate of drug-likeness (QED) is 0.921. The van der Waals surface area contributed by atoms with Gasteiger partial charge in [0.25, 0.3) is 0 Å². The predicted octanol–water partition coefficient (Wildman–Crippen LogP) is 3.25. The Balaban J connectivity index is 1.85. The Hall–Kier alpha value is -1.35. The molecule has 2 atom stereocenters. The molecule has 3 nitrogen and oxygen atoms in total. The Morgan fingerprint density at radius 3 is 2.67 bits per heavy atom. The predicted molar refractivity (Wildman–Crippen MR) is 84.7 cm³/mol. The number of carbonyl (C=O) groups is 1. The third kappa shape index (κ3) is 2.84. The number of carbonyl (C=O) groups excluding carboxylic acids is 1. The molecule has 1 saturated carbocycles. The van der Waals surface area contributed by atoms with Gasteiger partial charge in [0.15, 0.2) is 0 Å². The first-order valence-electron chi connectivity index (χ1n) is 8.19. The van der Waals surface area contributed by atoms with E-state index in [0.29, 0.717) is 11.8 Å². The molecule has 2 unspecified atom stereocenters. The molecule has 21 heavy (non-hydrogen) atoms. The Bertz CT molecular complexity index is 522. The van der Waals surface area contributed by atoms with Gasteiger partial charge in [-0.3, -0.25) is 10.1 Å². The maximum absolute atomic E-state index is 12.8. The monoisotopic (exact) mass is 286 g/mol. The molecule has 0 radical (unpaired) electrons. The molecule has 0 aromatic heterocycles. The lowest BCUT2D eigenvalue weighted by atomic mass is 9.85. The van der Waals surface area contributed by atoms with Crippen molar-refractivity contribution in [1.29, 1.82) is 0 Å². The fourth-order valence-corrected chi connectivity index (χ4v) is 3.38. The van der Waals surface area contributed by atoms with Crippen molar-refractivity contribution < 1.29 is 4.79 Å². The lowest BCUT2D eigenvalue weighted by Gasteiger charge is -2.33. The number of amides is 1. The van der Waals surface area contributed by atoms with Crippen molar-refractivity contribution in [3.8, 4) is 0 Å². The van der Waals surface area contributed by atoms with Crippen molar-refractivity contribution >= 4 is 5.91 Å². The molecule has 1 aliphatic carbocycles. The van der Waals surface area contributed by atoms with E-state index in [-0.39, 0.29) is 18.1 Å². The molecule has 0 bridgehead atoms. The fraction of sp³-hybridized carbons (Fsp3) is 0.611. The second-order valence-electron chi connectivity index (χ2n) is 6.99. The van der Waals surface area contributed by atoms with Gasteiger partial charge in [-0.05, 0) is 37.2 Å². The van der Waals surface area contributed by atoms with Crippen LogP contribution in [0.25, 0.3) is 0 Å². The highest BCUT2D eigenvalue weighted by molar-refractivity contribution is 5.84. The van der Waals surface area contributed by atoms with Crippen LogP contribution in [0.2, 0.25) is 0 Å². The van der Waals surface area contributed by atoms with Crippen molar-refractivity contribution in [2.45, 2.75) is 52.2 Å². The van der Waals surface area contributed by atoms with Gasteiger partial charge >= 0.3 is 0 Å². The number of nitrogens with zero attached hydrogens (tertiary/aromatic N) is 1. The fourth-order valence-electron chi connectivity index (χ4n) is 3.38. The first-order chi connectivity index (χ1) is 10.1. The molecule has 1 aliphatic heterocycles. The van der Waals surface area contributed by atoms with E-state index in [1.807, 2.05) is 0 Å². The smallest absolute Gasteiger partial charge is 0.241 e. The zero-order chi connectivity index (χ0) is 15.0. The van der Waals surface area contributed by atoms with E-state index >= 15 is 0 Å². The number of hydrogen-bond donors (Lipinski definition) is 1. The van der Waals surface area contributed by atoms with Crippen LogP contribution in [0, 0.1) is 18.8 Å². The summed E-state index contributed by atoms with van der Waals surface area (Å²) in [6.45, 7) is 7.26. The summed E-state index contributed by atoms with van der Waals surface area (Å²) in [7, 11) is 0. The van der Waals surface area contributed by atoms with Gasteiger partial charge in [0, 0.05) is 6.54 Å². The molecule has 114 valence electrons. The normalized spacial score (nSPS) is 26.5. The molecule has 1 aromatic rings. The standard InChI is InChI=1S/C18H26N2O/c1-12(2)16-18(21)20(11-14-7-5-8-14)17(19-16)15-9-4-6-13(3)10-15/h4,6,9-10,12,14,16-17,19H,5,7-8,11H2,1-3H3. The Labute approximate surface area is 127 Å². The maximum Gasteiger partial charge on any atom is 0.241 e. The van der Waals surface area contributed by atoms with Gasteiger partial charge in [-0.1, -0.05) is 50.1 Å². The molecule has 1 heterocycles. The molecule has 1 saturated heterocycles. The van der Waals surface area contributed by atoms with Crippen LogP contribution in [0.5, 0.6) is 0 Å². The van der Waals surface area contributed by atoms with Gasteiger partial charge < -0.3 is 4.90 Å². The highest BCUT2D eigenvalue weighted by atomic mass is 16.2. The number of nitrogens with one attached hydrogen (secondary N) is 1. The minimum Gasteiger partial charge on any atom is -0.321 e. The average Bonchev–Trinajstić information content (AvgIpc) is 2.71. The molecule has 1 aromatic carbocycles. The highest BCUT2D eigenvalue weighted by Gasteiger charge is 2.42. The van der Waals surface area contributed by atoms with E-state index in [1.54, 1.807) is 0 Å². The van der Waals surface area contributed by atoms with Gasteiger partial charge in [0.1, 0.15) is 6.17 Å². The molecular formula is C18H26N2O. The maximum atomic E-state index is 12.8. The summed E-state index contributed by atoms with van der Waals surface area (Å²) in [5.41, 5.74) is 2.46. The van der Waals surface area contributed by atoms with Crippen LogP contribution in [-0.4, -0.2) is 23.4 Å². The van der Waals surface area contributed by atoms with Gasteiger partial charge in [0.2, 0.25) is 5.91 Å². The topological polar surface area (TPSA) is 32.3 Å². The molecular weight excluding hydrogens is 260 g/mol. The summed E-state index contributed by atoms with van der Waals surface area (Å²) in [5, 5.41) is 3.56. The van der Waals surface area contributed by atoms with Crippen molar-refractivity contribution in [3.63, 3.8) is 0 Å². The first-order valence-corrected chi connectivity index (χ1v) is 8.19. The van der Waals surface area contributed by atoms with Crippen LogP contribution in [0.15, 0.2) is 24.3 Å². The summed E-state index contributed by atoms with van der Waals surface area (Å²) in [5.74, 6) is 1.31. The van der Waals surface area contributed by atoms with Crippen LogP contribution in [0.1, 0.15) is 50.4 Å². The third-order valence-corrected chi connectivity index (χ3v) is 4.90. The summed E-state index contributed by atoms with van der Waals surface area (Å²) in [6.07, 6.45) is 3.92. The molecule has 0 spiro atoms. The zero-order valence-electron chi connectivity index (χ0n) is 13.3. The second kappa shape index (κ2) is 5.80. The summed E-state index contributed by atoms with van der Waals surface area (Å²) in [4.78, 5) is 14.8. The van der Waals surface area contributed by atoms with Crippen LogP contribution in [0.3, 0.4) is 0 Å². The Morgan fingerprint density at radius 2 is 2.10 bits per heavy atom. The van der Waals surface area contributed by atoms with Crippen molar-refractivity contribution in [3.05, 3.63) is 35.4 Å². The van der Waals surface area contributed by atoms with Gasteiger partial charge in [-0.25, -0.2) is 0 Å². The summed E-state index contributed by atoms with van der Waals surface area (Å²) < 4.78 is 0. The molecule has 1 amide bonds. The number of rotatable bonds is 4. The van der Waals surface area contributed by atoms with E-state index in [0.717, 1.165) is 6.54 Å². The van der Waals surface area contributed by atoms with Crippen LogP contribution < -0.4 is 5.32 Å². The van der Waals surface area contributed by atoms with E-state index in [2.05, 4.69) is 55.3 Å². The van der Waals surface area contributed by atoms with Crippen LogP contribution in [0.4, 0.5) is 0 Å². The van der Waals surface area contributed by atoms with Crippen molar-refractivity contribution in [2.24, 2.45) is 11.8 Å². The first kappa shape index (κ1) is 14.6. The second-order valence-corrected chi connectivity index (χ2v) is 6.99. The zero-order valence-corrected chi connectivity index (χ0v) is 13.3. The van der Waals surface area contributed by atoms with Crippen molar-refractivity contribution in [2.75, 3.05) is 6.54 Å². The van der Waals surface area contributed by atoms with Gasteiger partial charge in [-0.2, -0.15) is 0 Å². The summed E-state index contributed by atoms with van der Waals surface area (Å²) in [6, 6.07) is 8.48. The summed E-state index contributed by atoms with van der Waals surface area (Å²) >= 11 is 0. The van der Waals surface area contributed by atoms with E-state index in [1.165, 1.54) is 30.4 Å². The molecule has 2 fully saturated rings. The lowest BCUT2D eigenvalue weighted by molar-refractivity contribution is -0.131. The van der Waals surface area contributed by atoms with Crippen LogP contribution in [-0.2, 0) is 4.79 Å². The van der Waals surface area contributed by atoms with E-state index in [4.69, 9.17) is 0 Å². The van der Waals surface area contributed by atoms with E-state index in [9.17, 15) is 4.79 Å². The third-order valence-electron chi connectivity index (χ3n) is 4.90. The van der Waals surface area contributed by atoms with Crippen LogP contribution >= 0.6 is 0 Å². The largest absolute Gasteiger partial charge is 0.321 e. The average molecular weight is 286 g/mol. The molecule has 3 heteroatoms. The highest BCUT2D eigenvalue weighted by Crippen LogP contribution is 2.34. The molecule has 2 aliphatic rings. The Morgan fingerprint density at radius 1 is 1.33 bits per heavy atom. The minimum atomic E-state index is -0.0458. The van der Waals surface area contributed by atoms with Crippen molar-refractivity contribution in [1.82, 2.24) is 10.2 Å². The van der Waals surface area contributed by atoms with Gasteiger partial charge in [-0.15, -0.1) is 0 Å². The minimum absolute atomic E-state index is 0.0458. The number of benzene rings is 1. The van der Waals surface area contributed by atoms with E-state index < -0.39 is 0 Å². The molecule has 1 N–H and O–H groups in total. The Kier molecular flexibility index (Phi) is 4.03. The SMILES string of the molecule is Cc1cccc(C2NC(C(C)C)C(=O)N2CC2CCC2)c1. The molecule has 3 rings (SSSR count). The number of aryl methyl sites for hydroxylation is 1.